The Morgan fingerprint density at radius 3 is 2.81 bits per heavy atom. The zero-order chi connectivity index (χ0) is 15.2. The summed E-state index contributed by atoms with van der Waals surface area (Å²) in [7, 11) is 0. The first-order valence-corrected chi connectivity index (χ1v) is 8.21. The van der Waals surface area contributed by atoms with E-state index in [0.717, 1.165) is 17.1 Å². The first kappa shape index (κ1) is 15.7. The summed E-state index contributed by atoms with van der Waals surface area (Å²) in [6.45, 7) is 6.86. The van der Waals surface area contributed by atoms with E-state index in [2.05, 4.69) is 48.6 Å². The van der Waals surface area contributed by atoms with Crippen LogP contribution in [0.1, 0.15) is 31.5 Å². The predicted molar refractivity (Wildman–Crippen MR) is 88.5 cm³/mol. The summed E-state index contributed by atoms with van der Waals surface area (Å²) < 4.78 is 0. The van der Waals surface area contributed by atoms with Crippen molar-refractivity contribution in [3.05, 3.63) is 40.9 Å². The van der Waals surface area contributed by atoms with Gasteiger partial charge in [-0.25, -0.2) is 4.98 Å². The lowest BCUT2D eigenvalue weighted by Crippen LogP contribution is -2.26. The highest BCUT2D eigenvalue weighted by Crippen LogP contribution is 2.26. The molecular formula is C17H22N2OS. The molecule has 21 heavy (non-hydrogen) atoms. The van der Waals surface area contributed by atoms with E-state index in [1.54, 1.807) is 11.3 Å². The van der Waals surface area contributed by atoms with Crippen LogP contribution in [0.25, 0.3) is 10.6 Å². The Labute approximate surface area is 130 Å². The van der Waals surface area contributed by atoms with Gasteiger partial charge in [-0.1, -0.05) is 38.1 Å². The van der Waals surface area contributed by atoms with Gasteiger partial charge in [0.25, 0.3) is 0 Å². The van der Waals surface area contributed by atoms with Crippen LogP contribution in [-0.4, -0.2) is 17.4 Å². The molecule has 4 heteroatoms. The average Bonchev–Trinajstić information content (AvgIpc) is 2.87. The molecule has 0 aliphatic carbocycles. The third-order valence-electron chi connectivity index (χ3n) is 3.22. The molecule has 0 bridgehead atoms. The Kier molecular flexibility index (Phi) is 5.51. The van der Waals surface area contributed by atoms with E-state index >= 15 is 0 Å². The fraction of sp³-hybridized carbons (Fsp3) is 0.412. The Morgan fingerprint density at radius 2 is 2.10 bits per heavy atom. The van der Waals surface area contributed by atoms with Crippen molar-refractivity contribution in [2.24, 2.45) is 5.92 Å². The quantitative estimate of drug-likeness (QED) is 0.881. The second-order valence-electron chi connectivity index (χ2n) is 5.66. The van der Waals surface area contributed by atoms with Gasteiger partial charge in [-0.05, 0) is 18.4 Å². The van der Waals surface area contributed by atoms with Gasteiger partial charge >= 0.3 is 0 Å². The largest absolute Gasteiger partial charge is 0.356 e. The number of carbonyl (C=O) groups excluding carboxylic acids is 1. The van der Waals surface area contributed by atoms with Crippen LogP contribution in [0.4, 0.5) is 0 Å². The number of hydrogen-bond acceptors (Lipinski definition) is 3. The number of carbonyl (C=O) groups is 1. The summed E-state index contributed by atoms with van der Waals surface area (Å²) in [5.74, 6) is 0.524. The van der Waals surface area contributed by atoms with Gasteiger partial charge in [-0.3, -0.25) is 4.79 Å². The molecule has 0 unspecified atom stereocenters. The summed E-state index contributed by atoms with van der Waals surface area (Å²) in [6.07, 6.45) is 1.37. The van der Waals surface area contributed by atoms with Crippen LogP contribution >= 0.6 is 11.3 Å². The summed E-state index contributed by atoms with van der Waals surface area (Å²) in [4.78, 5) is 16.3. The lowest BCUT2D eigenvalue weighted by Gasteiger charge is -2.05. The van der Waals surface area contributed by atoms with E-state index in [1.807, 2.05) is 12.1 Å². The van der Waals surface area contributed by atoms with Gasteiger partial charge in [0.2, 0.25) is 5.91 Å². The minimum absolute atomic E-state index is 0.124. The van der Waals surface area contributed by atoms with Crippen molar-refractivity contribution in [3.63, 3.8) is 0 Å². The molecule has 3 nitrogen and oxygen atoms in total. The van der Waals surface area contributed by atoms with Gasteiger partial charge in [-0.2, -0.15) is 0 Å². The van der Waals surface area contributed by atoms with E-state index in [4.69, 9.17) is 0 Å². The Balaban J connectivity index is 1.89. The maximum Gasteiger partial charge on any atom is 0.220 e. The molecule has 1 aromatic heterocycles. The zero-order valence-corrected chi connectivity index (χ0v) is 13.7. The standard InChI is InChI=1S/C17H22N2OS/c1-12(2)10-16(20)18-9-8-14-11-21-17(19-14)15-7-5-4-6-13(15)3/h4-7,11-12H,8-10H2,1-3H3,(H,18,20). The Morgan fingerprint density at radius 1 is 1.33 bits per heavy atom. The monoisotopic (exact) mass is 302 g/mol. The highest BCUT2D eigenvalue weighted by atomic mass is 32.1. The Hall–Kier alpha value is -1.68. The molecule has 0 aliphatic rings. The predicted octanol–water partition coefficient (Wildman–Crippen LogP) is 3.82. The van der Waals surface area contributed by atoms with Crippen LogP contribution in [-0.2, 0) is 11.2 Å². The normalized spacial score (nSPS) is 10.9. The van der Waals surface area contributed by atoms with Crippen LogP contribution < -0.4 is 5.32 Å². The molecule has 1 heterocycles. The number of aromatic nitrogens is 1. The molecule has 0 saturated carbocycles. The Bertz CT molecular complexity index is 604. The molecule has 1 aromatic carbocycles. The first-order chi connectivity index (χ1) is 10.1. The van der Waals surface area contributed by atoms with Gasteiger partial charge < -0.3 is 5.32 Å². The summed E-state index contributed by atoms with van der Waals surface area (Å²) in [6, 6.07) is 8.28. The number of nitrogens with one attached hydrogen (secondary N) is 1. The number of thiazole rings is 1. The number of amides is 1. The van der Waals surface area contributed by atoms with Crippen LogP contribution in [0.3, 0.4) is 0 Å². The second kappa shape index (κ2) is 7.36. The lowest BCUT2D eigenvalue weighted by molar-refractivity contribution is -0.121. The highest BCUT2D eigenvalue weighted by Gasteiger charge is 2.08. The molecule has 0 radical (unpaired) electrons. The number of rotatable bonds is 6. The van der Waals surface area contributed by atoms with Gasteiger partial charge in [-0.15, -0.1) is 11.3 Å². The smallest absolute Gasteiger partial charge is 0.220 e. The molecular weight excluding hydrogens is 280 g/mol. The van der Waals surface area contributed by atoms with E-state index in [-0.39, 0.29) is 5.91 Å². The van der Waals surface area contributed by atoms with Crippen LogP contribution in [0.15, 0.2) is 29.6 Å². The van der Waals surface area contributed by atoms with Crippen LogP contribution in [0.2, 0.25) is 0 Å². The zero-order valence-electron chi connectivity index (χ0n) is 12.8. The maximum absolute atomic E-state index is 11.6. The maximum atomic E-state index is 11.6. The van der Waals surface area contributed by atoms with E-state index in [9.17, 15) is 4.79 Å². The van der Waals surface area contributed by atoms with Crippen LogP contribution in [0, 0.1) is 12.8 Å². The second-order valence-corrected chi connectivity index (χ2v) is 6.51. The highest BCUT2D eigenvalue weighted by molar-refractivity contribution is 7.13. The van der Waals surface area contributed by atoms with Crippen molar-refractivity contribution in [2.75, 3.05) is 6.54 Å². The van der Waals surface area contributed by atoms with Crippen molar-refractivity contribution in [3.8, 4) is 10.6 Å². The summed E-state index contributed by atoms with van der Waals surface area (Å²) >= 11 is 1.66. The molecule has 2 aromatic rings. The summed E-state index contributed by atoms with van der Waals surface area (Å²) in [5, 5.41) is 6.08. The average molecular weight is 302 g/mol. The first-order valence-electron chi connectivity index (χ1n) is 7.33. The molecule has 1 N–H and O–H groups in total. The lowest BCUT2D eigenvalue weighted by atomic mass is 10.1. The fourth-order valence-electron chi connectivity index (χ4n) is 2.13. The van der Waals surface area contributed by atoms with Gasteiger partial charge in [0, 0.05) is 30.3 Å². The van der Waals surface area contributed by atoms with Crippen molar-refractivity contribution < 1.29 is 4.79 Å². The molecule has 0 saturated heterocycles. The summed E-state index contributed by atoms with van der Waals surface area (Å²) in [5.41, 5.74) is 3.48. The molecule has 2 rings (SSSR count). The van der Waals surface area contributed by atoms with Gasteiger partial charge in [0.05, 0.1) is 5.69 Å². The fourth-order valence-corrected chi connectivity index (χ4v) is 3.08. The molecule has 0 spiro atoms. The number of aryl methyl sites for hydroxylation is 1. The third kappa shape index (κ3) is 4.67. The minimum atomic E-state index is 0.124. The molecule has 0 atom stereocenters. The van der Waals surface area contributed by atoms with Crippen LogP contribution in [0.5, 0.6) is 0 Å². The molecule has 0 aliphatic heterocycles. The molecule has 112 valence electrons. The number of hydrogen-bond donors (Lipinski definition) is 1. The topological polar surface area (TPSA) is 42.0 Å². The van der Waals surface area contributed by atoms with Crippen molar-refractivity contribution in [2.45, 2.75) is 33.6 Å². The van der Waals surface area contributed by atoms with Crippen molar-refractivity contribution in [1.29, 1.82) is 0 Å². The SMILES string of the molecule is Cc1ccccc1-c1nc(CCNC(=O)CC(C)C)cs1. The van der Waals surface area contributed by atoms with Crippen molar-refractivity contribution in [1.82, 2.24) is 10.3 Å². The van der Waals surface area contributed by atoms with Gasteiger partial charge in [0.15, 0.2) is 0 Å². The number of benzene rings is 1. The van der Waals surface area contributed by atoms with E-state index in [0.29, 0.717) is 18.9 Å². The van der Waals surface area contributed by atoms with E-state index < -0.39 is 0 Å². The van der Waals surface area contributed by atoms with E-state index in [1.165, 1.54) is 11.1 Å². The molecule has 1 amide bonds. The minimum Gasteiger partial charge on any atom is -0.356 e. The number of nitrogens with zero attached hydrogens (tertiary/aromatic N) is 1. The van der Waals surface area contributed by atoms with Gasteiger partial charge in [0.1, 0.15) is 5.01 Å². The van der Waals surface area contributed by atoms with Crippen molar-refractivity contribution >= 4 is 17.2 Å². The third-order valence-corrected chi connectivity index (χ3v) is 4.15. The molecule has 0 fully saturated rings.